The summed E-state index contributed by atoms with van der Waals surface area (Å²) in [6.07, 6.45) is 1.40. The minimum Gasteiger partial charge on any atom is -0.467 e. The summed E-state index contributed by atoms with van der Waals surface area (Å²) >= 11 is 0. The number of ether oxygens (including phenoxy) is 1. The molecule has 3 heterocycles. The average Bonchev–Trinajstić information content (AvgIpc) is 3.15. The van der Waals surface area contributed by atoms with Crippen molar-refractivity contribution in [1.29, 1.82) is 0 Å². The number of carbonyl (C=O) groups is 4. The van der Waals surface area contributed by atoms with Gasteiger partial charge in [-0.3, -0.25) is 14.4 Å². The van der Waals surface area contributed by atoms with E-state index in [2.05, 4.69) is 0 Å². The molecule has 122 valence electrons. The van der Waals surface area contributed by atoms with Crippen molar-refractivity contribution in [3.63, 3.8) is 0 Å². The predicted molar refractivity (Wildman–Crippen MR) is 73.8 cm³/mol. The zero-order valence-corrected chi connectivity index (χ0v) is 12.3. The van der Waals surface area contributed by atoms with Gasteiger partial charge in [-0.05, 0) is 12.1 Å². The Balaban J connectivity index is 1.67. The maximum absolute atomic E-state index is 12.2. The van der Waals surface area contributed by atoms with Gasteiger partial charge in [0.1, 0.15) is 12.3 Å². The molecule has 0 unspecified atom stereocenters. The average molecular weight is 321 g/mol. The molecule has 1 aromatic heterocycles. The third-order valence-electron chi connectivity index (χ3n) is 3.69. The van der Waals surface area contributed by atoms with Gasteiger partial charge in [0.05, 0.1) is 26.0 Å². The predicted octanol–water partition coefficient (Wildman–Crippen LogP) is -0.571. The highest BCUT2D eigenvalue weighted by molar-refractivity contribution is 6.44. The molecule has 0 spiro atoms. The highest BCUT2D eigenvalue weighted by atomic mass is 16.5. The number of carbonyl (C=O) groups excluding carboxylic acids is 4. The van der Waals surface area contributed by atoms with Gasteiger partial charge >= 0.3 is 17.8 Å². The summed E-state index contributed by atoms with van der Waals surface area (Å²) in [6.45, 7) is 1.04. The van der Waals surface area contributed by atoms with Crippen LogP contribution >= 0.6 is 0 Å². The Bertz CT molecular complexity index is 635. The maximum atomic E-state index is 12.2. The Labute approximate surface area is 131 Å². The van der Waals surface area contributed by atoms with E-state index in [4.69, 9.17) is 9.15 Å². The van der Waals surface area contributed by atoms with Crippen molar-refractivity contribution in [1.82, 2.24) is 14.7 Å². The van der Waals surface area contributed by atoms with E-state index in [0.29, 0.717) is 37.0 Å². The van der Waals surface area contributed by atoms with E-state index >= 15 is 0 Å². The Morgan fingerprint density at radius 3 is 2.43 bits per heavy atom. The molecule has 2 aliphatic rings. The van der Waals surface area contributed by atoms with Crippen molar-refractivity contribution in [2.45, 2.75) is 6.54 Å². The van der Waals surface area contributed by atoms with Crippen LogP contribution in [0.3, 0.4) is 0 Å². The van der Waals surface area contributed by atoms with Gasteiger partial charge in [-0.25, -0.2) is 14.6 Å². The normalized spacial score (nSPS) is 19.0. The molecule has 0 bridgehead atoms. The second kappa shape index (κ2) is 6.21. The van der Waals surface area contributed by atoms with Crippen molar-refractivity contribution in [3.05, 3.63) is 24.2 Å². The Morgan fingerprint density at radius 1 is 1.09 bits per heavy atom. The minimum atomic E-state index is -0.997. The highest BCUT2D eigenvalue weighted by Gasteiger charge is 2.45. The smallest absolute Gasteiger partial charge is 0.335 e. The molecule has 2 fully saturated rings. The summed E-state index contributed by atoms with van der Waals surface area (Å²) in [4.78, 5) is 51.2. The summed E-state index contributed by atoms with van der Waals surface area (Å²) in [5.41, 5.74) is 0. The second-order valence-electron chi connectivity index (χ2n) is 5.14. The monoisotopic (exact) mass is 321 g/mol. The molecule has 3 rings (SSSR count). The fourth-order valence-electron chi connectivity index (χ4n) is 2.44. The SMILES string of the molecule is O=C(CN1C(=O)C(=O)N(Cc2ccco2)C1=O)N1CCOCC1. The fraction of sp³-hybridized carbons (Fsp3) is 0.429. The van der Waals surface area contributed by atoms with Crippen LogP contribution in [0.2, 0.25) is 0 Å². The van der Waals surface area contributed by atoms with E-state index in [1.54, 1.807) is 12.1 Å². The third-order valence-corrected chi connectivity index (χ3v) is 3.69. The summed E-state index contributed by atoms with van der Waals surface area (Å²) in [5.74, 6) is -1.96. The lowest BCUT2D eigenvalue weighted by atomic mass is 10.4. The molecule has 1 aromatic rings. The van der Waals surface area contributed by atoms with Crippen molar-refractivity contribution >= 4 is 23.8 Å². The van der Waals surface area contributed by atoms with Gasteiger partial charge in [0.25, 0.3) is 0 Å². The Hall–Kier alpha value is -2.68. The number of hydrogen-bond acceptors (Lipinski definition) is 6. The molecule has 0 aliphatic carbocycles. The Morgan fingerprint density at radius 2 is 1.78 bits per heavy atom. The summed E-state index contributed by atoms with van der Waals surface area (Å²) < 4.78 is 10.2. The van der Waals surface area contributed by atoms with Crippen LogP contribution in [0.15, 0.2) is 22.8 Å². The third kappa shape index (κ3) is 2.95. The molecule has 2 aliphatic heterocycles. The largest absolute Gasteiger partial charge is 0.467 e. The zero-order chi connectivity index (χ0) is 16.4. The molecular weight excluding hydrogens is 306 g/mol. The lowest BCUT2D eigenvalue weighted by molar-refractivity contribution is -0.145. The van der Waals surface area contributed by atoms with Crippen molar-refractivity contribution in [2.24, 2.45) is 0 Å². The highest BCUT2D eigenvalue weighted by Crippen LogP contribution is 2.16. The van der Waals surface area contributed by atoms with Gasteiger partial charge in [0, 0.05) is 13.1 Å². The molecule has 2 saturated heterocycles. The van der Waals surface area contributed by atoms with Crippen LogP contribution in [-0.2, 0) is 25.7 Å². The molecule has 0 aromatic carbocycles. The first-order valence-corrected chi connectivity index (χ1v) is 7.13. The van der Waals surface area contributed by atoms with Crippen molar-refractivity contribution in [2.75, 3.05) is 32.8 Å². The quantitative estimate of drug-likeness (QED) is 0.544. The van der Waals surface area contributed by atoms with Crippen LogP contribution in [0.5, 0.6) is 0 Å². The molecule has 0 atom stereocenters. The van der Waals surface area contributed by atoms with Crippen LogP contribution in [0, 0.1) is 0 Å². The summed E-state index contributed by atoms with van der Waals surface area (Å²) in [5, 5.41) is 0. The van der Waals surface area contributed by atoms with E-state index < -0.39 is 24.4 Å². The lowest BCUT2D eigenvalue weighted by Crippen LogP contribution is -2.47. The van der Waals surface area contributed by atoms with Gasteiger partial charge in [0.15, 0.2) is 0 Å². The molecular formula is C14H15N3O6. The number of morpholine rings is 1. The van der Waals surface area contributed by atoms with Gasteiger partial charge < -0.3 is 14.1 Å². The zero-order valence-electron chi connectivity index (χ0n) is 12.3. The first kappa shape index (κ1) is 15.2. The molecule has 23 heavy (non-hydrogen) atoms. The maximum Gasteiger partial charge on any atom is 0.335 e. The topological polar surface area (TPSA) is 100 Å². The molecule has 9 heteroatoms. The number of furan rings is 1. The summed E-state index contributed by atoms with van der Waals surface area (Å²) in [6, 6.07) is 2.40. The van der Waals surface area contributed by atoms with Crippen LogP contribution in [-0.4, -0.2) is 71.3 Å². The van der Waals surface area contributed by atoms with Gasteiger partial charge in [-0.15, -0.1) is 0 Å². The van der Waals surface area contributed by atoms with E-state index in [1.807, 2.05) is 0 Å². The number of nitrogens with zero attached hydrogens (tertiary/aromatic N) is 3. The number of amides is 5. The Kier molecular flexibility index (Phi) is 4.11. The fourth-order valence-corrected chi connectivity index (χ4v) is 2.44. The van der Waals surface area contributed by atoms with E-state index in [-0.39, 0.29) is 12.5 Å². The summed E-state index contributed by atoms with van der Waals surface area (Å²) in [7, 11) is 0. The minimum absolute atomic E-state index is 0.140. The van der Waals surface area contributed by atoms with Gasteiger partial charge in [0.2, 0.25) is 5.91 Å². The number of urea groups is 1. The first-order valence-electron chi connectivity index (χ1n) is 7.13. The van der Waals surface area contributed by atoms with Gasteiger partial charge in [-0.1, -0.05) is 0 Å². The molecule has 0 saturated carbocycles. The van der Waals surface area contributed by atoms with Crippen LogP contribution in [0.4, 0.5) is 4.79 Å². The first-order chi connectivity index (χ1) is 11.1. The molecule has 0 N–H and O–H groups in total. The van der Waals surface area contributed by atoms with Crippen LogP contribution < -0.4 is 0 Å². The van der Waals surface area contributed by atoms with Crippen LogP contribution in [0.1, 0.15) is 5.76 Å². The lowest BCUT2D eigenvalue weighted by Gasteiger charge is -2.28. The van der Waals surface area contributed by atoms with E-state index in [9.17, 15) is 19.2 Å². The van der Waals surface area contributed by atoms with Crippen LogP contribution in [0.25, 0.3) is 0 Å². The van der Waals surface area contributed by atoms with E-state index in [1.165, 1.54) is 11.2 Å². The van der Waals surface area contributed by atoms with Crippen molar-refractivity contribution < 1.29 is 28.3 Å². The standard InChI is InChI=1S/C14H15N3O6/c18-11(15-3-6-22-7-4-15)9-17-13(20)12(19)16(14(17)21)8-10-2-1-5-23-10/h1-2,5H,3-4,6-9H2. The molecule has 5 amide bonds. The number of rotatable bonds is 4. The number of hydrogen-bond donors (Lipinski definition) is 0. The van der Waals surface area contributed by atoms with E-state index in [0.717, 1.165) is 4.90 Å². The molecule has 0 radical (unpaired) electrons. The van der Waals surface area contributed by atoms with Crippen molar-refractivity contribution in [3.8, 4) is 0 Å². The second-order valence-corrected chi connectivity index (χ2v) is 5.14. The van der Waals surface area contributed by atoms with Gasteiger partial charge in [-0.2, -0.15) is 0 Å². The molecule has 9 nitrogen and oxygen atoms in total. The number of imide groups is 2.